The van der Waals surface area contributed by atoms with Crippen molar-refractivity contribution in [3.05, 3.63) is 29.6 Å². The maximum atomic E-state index is 6.00. The first-order valence-corrected chi connectivity index (χ1v) is 6.82. The first-order chi connectivity index (χ1) is 8.63. The Morgan fingerprint density at radius 3 is 2.78 bits per heavy atom. The zero-order chi connectivity index (χ0) is 13.1. The Hall–Kier alpha value is -1.06. The smallest absolute Gasteiger partial charge is 0.124 e. The molecule has 0 N–H and O–H groups in total. The molecule has 0 bridgehead atoms. The lowest BCUT2D eigenvalue weighted by molar-refractivity contribution is 0.386. The van der Waals surface area contributed by atoms with E-state index < -0.39 is 0 Å². The number of nitrogens with zero attached hydrogens (tertiary/aromatic N) is 3. The van der Waals surface area contributed by atoms with Gasteiger partial charge < -0.3 is 9.47 Å². The van der Waals surface area contributed by atoms with Crippen LogP contribution < -0.4 is 0 Å². The van der Waals surface area contributed by atoms with Crippen molar-refractivity contribution in [2.75, 3.05) is 20.6 Å². The van der Waals surface area contributed by atoms with Gasteiger partial charge in [0.25, 0.3) is 0 Å². The monoisotopic (exact) mass is 265 g/mol. The molecule has 0 atom stereocenters. The van der Waals surface area contributed by atoms with Crippen LogP contribution in [0.25, 0.3) is 11.0 Å². The fourth-order valence-electron chi connectivity index (χ4n) is 2.23. The van der Waals surface area contributed by atoms with Gasteiger partial charge in [-0.1, -0.05) is 12.1 Å². The van der Waals surface area contributed by atoms with Crippen LogP contribution in [0, 0.1) is 6.92 Å². The number of aryl methyl sites for hydroxylation is 2. The third-order valence-electron chi connectivity index (χ3n) is 3.17. The van der Waals surface area contributed by atoms with Gasteiger partial charge in [0.2, 0.25) is 0 Å². The largest absolute Gasteiger partial charge is 0.327 e. The minimum Gasteiger partial charge on any atom is -0.327 e. The van der Waals surface area contributed by atoms with E-state index in [-0.39, 0.29) is 0 Å². The van der Waals surface area contributed by atoms with E-state index >= 15 is 0 Å². The SMILES string of the molecule is Cc1cccc2c1nc(CCl)n2CCCN(C)C. The highest BCUT2D eigenvalue weighted by Crippen LogP contribution is 2.21. The molecule has 0 unspecified atom stereocenters. The highest BCUT2D eigenvalue weighted by atomic mass is 35.5. The minimum absolute atomic E-state index is 0.468. The number of alkyl halides is 1. The third kappa shape index (κ3) is 2.68. The molecular formula is C14H20ClN3. The van der Waals surface area contributed by atoms with E-state index in [0.717, 1.165) is 30.9 Å². The molecule has 2 rings (SSSR count). The molecule has 0 saturated carbocycles. The molecule has 0 aliphatic heterocycles. The van der Waals surface area contributed by atoms with E-state index in [4.69, 9.17) is 11.6 Å². The Kier molecular flexibility index (Phi) is 4.25. The number of para-hydroxylation sites is 1. The van der Waals surface area contributed by atoms with E-state index in [9.17, 15) is 0 Å². The lowest BCUT2D eigenvalue weighted by Crippen LogP contribution is -2.15. The predicted molar refractivity (Wildman–Crippen MR) is 77.2 cm³/mol. The molecular weight excluding hydrogens is 246 g/mol. The topological polar surface area (TPSA) is 21.1 Å². The molecule has 18 heavy (non-hydrogen) atoms. The van der Waals surface area contributed by atoms with E-state index in [2.05, 4.69) is 53.7 Å². The summed E-state index contributed by atoms with van der Waals surface area (Å²) in [5.41, 5.74) is 3.49. The van der Waals surface area contributed by atoms with Gasteiger partial charge in [0.15, 0.2) is 0 Å². The molecule has 0 aliphatic carbocycles. The summed E-state index contributed by atoms with van der Waals surface area (Å²) in [5, 5.41) is 0. The highest BCUT2D eigenvalue weighted by molar-refractivity contribution is 6.16. The Balaban J connectivity index is 2.32. The predicted octanol–water partition coefficient (Wildman–Crippen LogP) is 3.04. The number of rotatable bonds is 5. The van der Waals surface area contributed by atoms with Gasteiger partial charge in [0, 0.05) is 6.54 Å². The average molecular weight is 266 g/mol. The molecule has 98 valence electrons. The summed E-state index contributed by atoms with van der Waals surface area (Å²) in [6.07, 6.45) is 1.11. The van der Waals surface area contributed by atoms with Crippen molar-refractivity contribution >= 4 is 22.6 Å². The van der Waals surface area contributed by atoms with Crippen molar-refractivity contribution in [2.24, 2.45) is 0 Å². The molecule has 0 aliphatic rings. The van der Waals surface area contributed by atoms with E-state index in [1.165, 1.54) is 11.1 Å². The normalized spacial score (nSPS) is 11.6. The maximum Gasteiger partial charge on any atom is 0.124 e. The Morgan fingerprint density at radius 2 is 2.11 bits per heavy atom. The van der Waals surface area contributed by atoms with Crippen molar-refractivity contribution < 1.29 is 0 Å². The van der Waals surface area contributed by atoms with Crippen LogP contribution in [-0.4, -0.2) is 35.1 Å². The minimum atomic E-state index is 0.468. The lowest BCUT2D eigenvalue weighted by Gasteiger charge is -2.11. The molecule has 1 aromatic carbocycles. The number of hydrogen-bond donors (Lipinski definition) is 0. The van der Waals surface area contributed by atoms with E-state index in [1.807, 2.05) is 0 Å². The van der Waals surface area contributed by atoms with Crippen LogP contribution in [0.4, 0.5) is 0 Å². The van der Waals surface area contributed by atoms with Gasteiger partial charge in [-0.3, -0.25) is 0 Å². The molecule has 0 amide bonds. The molecule has 1 heterocycles. The van der Waals surface area contributed by atoms with Gasteiger partial charge >= 0.3 is 0 Å². The molecule has 0 spiro atoms. The Labute approximate surface area is 113 Å². The van der Waals surface area contributed by atoms with Gasteiger partial charge in [0.05, 0.1) is 16.9 Å². The zero-order valence-electron chi connectivity index (χ0n) is 11.3. The Morgan fingerprint density at radius 1 is 1.33 bits per heavy atom. The molecule has 0 saturated heterocycles. The van der Waals surface area contributed by atoms with Gasteiger partial charge in [-0.25, -0.2) is 4.98 Å². The third-order valence-corrected chi connectivity index (χ3v) is 3.41. The summed E-state index contributed by atoms with van der Waals surface area (Å²) in [5.74, 6) is 1.44. The summed E-state index contributed by atoms with van der Waals surface area (Å²) in [4.78, 5) is 6.85. The fourth-order valence-corrected chi connectivity index (χ4v) is 2.44. The summed E-state index contributed by atoms with van der Waals surface area (Å²) in [7, 11) is 4.19. The van der Waals surface area contributed by atoms with Gasteiger partial charge in [-0.2, -0.15) is 0 Å². The lowest BCUT2D eigenvalue weighted by atomic mass is 10.2. The molecule has 1 aromatic heterocycles. The van der Waals surface area contributed by atoms with E-state index in [1.54, 1.807) is 0 Å². The van der Waals surface area contributed by atoms with Crippen molar-refractivity contribution in [2.45, 2.75) is 25.8 Å². The summed E-state index contributed by atoms with van der Waals surface area (Å²) < 4.78 is 2.25. The maximum absolute atomic E-state index is 6.00. The van der Waals surface area contributed by atoms with Crippen LogP contribution in [-0.2, 0) is 12.4 Å². The van der Waals surface area contributed by atoms with Gasteiger partial charge in [0.1, 0.15) is 5.82 Å². The average Bonchev–Trinajstić information content (AvgIpc) is 2.69. The number of imidazole rings is 1. The molecule has 4 heteroatoms. The Bertz CT molecular complexity index is 531. The summed E-state index contributed by atoms with van der Waals surface area (Å²) >= 11 is 6.00. The van der Waals surface area contributed by atoms with Crippen LogP contribution in [0.2, 0.25) is 0 Å². The van der Waals surface area contributed by atoms with Crippen LogP contribution >= 0.6 is 11.6 Å². The molecule has 0 fully saturated rings. The fraction of sp³-hybridized carbons (Fsp3) is 0.500. The number of fused-ring (bicyclic) bond motifs is 1. The standard InChI is InChI=1S/C14H20ClN3/c1-11-6-4-7-12-14(11)16-13(10-15)18(12)9-5-8-17(2)3/h4,6-7H,5,8-10H2,1-3H3. The number of benzene rings is 1. The number of aromatic nitrogens is 2. The van der Waals surface area contributed by atoms with Crippen molar-refractivity contribution in [1.29, 1.82) is 0 Å². The zero-order valence-corrected chi connectivity index (χ0v) is 12.0. The summed E-state index contributed by atoms with van der Waals surface area (Å²) in [6, 6.07) is 6.30. The first kappa shape index (κ1) is 13.4. The van der Waals surface area contributed by atoms with Crippen LogP contribution in [0.15, 0.2) is 18.2 Å². The highest BCUT2D eigenvalue weighted by Gasteiger charge is 2.10. The van der Waals surface area contributed by atoms with Crippen molar-refractivity contribution in [3.8, 4) is 0 Å². The second-order valence-electron chi connectivity index (χ2n) is 4.91. The molecule has 0 radical (unpaired) electrons. The first-order valence-electron chi connectivity index (χ1n) is 6.29. The molecule has 2 aromatic rings. The van der Waals surface area contributed by atoms with Gasteiger partial charge in [-0.15, -0.1) is 11.6 Å². The van der Waals surface area contributed by atoms with Gasteiger partial charge in [-0.05, 0) is 45.6 Å². The van der Waals surface area contributed by atoms with Crippen molar-refractivity contribution in [1.82, 2.24) is 14.5 Å². The van der Waals surface area contributed by atoms with E-state index in [0.29, 0.717) is 5.88 Å². The second-order valence-corrected chi connectivity index (χ2v) is 5.18. The van der Waals surface area contributed by atoms with Crippen LogP contribution in [0.3, 0.4) is 0 Å². The number of halogens is 1. The van der Waals surface area contributed by atoms with Crippen LogP contribution in [0.1, 0.15) is 17.8 Å². The van der Waals surface area contributed by atoms with Crippen molar-refractivity contribution in [3.63, 3.8) is 0 Å². The molecule has 3 nitrogen and oxygen atoms in total. The number of hydrogen-bond acceptors (Lipinski definition) is 2. The quantitative estimate of drug-likeness (QED) is 0.775. The second kappa shape index (κ2) is 5.72. The summed E-state index contributed by atoms with van der Waals surface area (Å²) in [6.45, 7) is 4.14. The van der Waals surface area contributed by atoms with Crippen LogP contribution in [0.5, 0.6) is 0 Å².